The van der Waals surface area contributed by atoms with E-state index >= 15 is 0 Å². The number of hydrogen-bond acceptors (Lipinski definition) is 4. The normalized spacial score (nSPS) is 30.2. The Hall–Kier alpha value is -0.650. The zero-order valence-corrected chi connectivity index (χ0v) is 12.8. The summed E-state index contributed by atoms with van der Waals surface area (Å²) in [7, 11) is 0. The van der Waals surface area contributed by atoms with Crippen LogP contribution in [0.1, 0.15) is 25.7 Å². The van der Waals surface area contributed by atoms with E-state index in [0.717, 1.165) is 28.0 Å². The van der Waals surface area contributed by atoms with Gasteiger partial charge in [-0.1, -0.05) is 27.3 Å². The average molecular weight is 339 g/mol. The summed E-state index contributed by atoms with van der Waals surface area (Å²) in [6.45, 7) is 0. The van der Waals surface area contributed by atoms with Crippen molar-refractivity contribution in [2.24, 2.45) is 0 Å². The van der Waals surface area contributed by atoms with E-state index in [9.17, 15) is 5.11 Å². The first kappa shape index (κ1) is 12.1. The van der Waals surface area contributed by atoms with E-state index in [1.54, 1.807) is 11.3 Å². The smallest absolute Gasteiger partial charge is 0.186 e. The Morgan fingerprint density at radius 3 is 2.74 bits per heavy atom. The second kappa shape index (κ2) is 4.43. The first-order valence-electron chi connectivity index (χ1n) is 6.73. The number of anilines is 1. The molecule has 2 atom stereocenters. The summed E-state index contributed by atoms with van der Waals surface area (Å²) in [5.74, 6) is 0. The highest BCUT2D eigenvalue weighted by molar-refractivity contribution is 9.10. The van der Waals surface area contributed by atoms with Gasteiger partial charge >= 0.3 is 0 Å². The number of benzene rings is 1. The lowest BCUT2D eigenvalue weighted by Crippen LogP contribution is -2.44. The largest absolute Gasteiger partial charge is 0.393 e. The van der Waals surface area contributed by atoms with Gasteiger partial charge in [0.1, 0.15) is 0 Å². The molecule has 19 heavy (non-hydrogen) atoms. The highest BCUT2D eigenvalue weighted by Crippen LogP contribution is 2.42. The van der Waals surface area contributed by atoms with Crippen molar-refractivity contribution in [2.75, 3.05) is 4.90 Å². The van der Waals surface area contributed by atoms with Crippen LogP contribution in [-0.4, -0.2) is 28.3 Å². The Morgan fingerprint density at radius 2 is 2.00 bits per heavy atom. The molecule has 5 heteroatoms. The van der Waals surface area contributed by atoms with E-state index in [2.05, 4.69) is 33.0 Å². The van der Waals surface area contributed by atoms with Gasteiger partial charge in [-0.3, -0.25) is 0 Å². The summed E-state index contributed by atoms with van der Waals surface area (Å²) >= 11 is 5.28. The van der Waals surface area contributed by atoms with Crippen LogP contribution in [0.15, 0.2) is 22.7 Å². The van der Waals surface area contributed by atoms with Gasteiger partial charge in [0.25, 0.3) is 0 Å². The molecule has 3 nitrogen and oxygen atoms in total. The maximum absolute atomic E-state index is 9.88. The van der Waals surface area contributed by atoms with Crippen LogP contribution in [-0.2, 0) is 0 Å². The summed E-state index contributed by atoms with van der Waals surface area (Å²) in [5, 5.41) is 11.0. The number of halogens is 1. The number of piperidine rings is 1. The summed E-state index contributed by atoms with van der Waals surface area (Å²) in [5.41, 5.74) is 1.08. The van der Waals surface area contributed by atoms with Gasteiger partial charge in [-0.15, -0.1) is 0 Å². The van der Waals surface area contributed by atoms with Gasteiger partial charge in [-0.25, -0.2) is 4.98 Å². The molecule has 1 aromatic heterocycles. The van der Waals surface area contributed by atoms with Crippen molar-refractivity contribution in [2.45, 2.75) is 43.9 Å². The molecule has 2 aliphatic rings. The van der Waals surface area contributed by atoms with Gasteiger partial charge in [0.05, 0.1) is 16.3 Å². The van der Waals surface area contributed by atoms with Crippen LogP contribution in [0, 0.1) is 0 Å². The van der Waals surface area contributed by atoms with E-state index in [0.29, 0.717) is 12.1 Å². The molecule has 2 aliphatic heterocycles. The fourth-order valence-electron chi connectivity index (χ4n) is 3.46. The molecule has 0 radical (unpaired) electrons. The molecule has 3 heterocycles. The van der Waals surface area contributed by atoms with Crippen LogP contribution in [0.3, 0.4) is 0 Å². The number of rotatable bonds is 1. The molecule has 4 rings (SSSR count). The first-order valence-corrected chi connectivity index (χ1v) is 8.34. The van der Waals surface area contributed by atoms with Crippen molar-refractivity contribution in [3.05, 3.63) is 22.7 Å². The quantitative estimate of drug-likeness (QED) is 0.863. The minimum atomic E-state index is -0.114. The van der Waals surface area contributed by atoms with Crippen LogP contribution < -0.4 is 4.90 Å². The lowest BCUT2D eigenvalue weighted by atomic mass is 10.0. The average Bonchev–Trinajstić information content (AvgIpc) is 2.88. The molecule has 2 fully saturated rings. The molecule has 2 aromatic rings. The second-order valence-electron chi connectivity index (χ2n) is 5.53. The molecule has 2 saturated heterocycles. The zero-order chi connectivity index (χ0) is 13.0. The maximum Gasteiger partial charge on any atom is 0.186 e. The lowest BCUT2D eigenvalue weighted by molar-refractivity contribution is 0.126. The molecular formula is C14H15BrN2OS. The first-order chi connectivity index (χ1) is 9.20. The van der Waals surface area contributed by atoms with Gasteiger partial charge < -0.3 is 10.0 Å². The van der Waals surface area contributed by atoms with Gasteiger partial charge in [-0.2, -0.15) is 0 Å². The van der Waals surface area contributed by atoms with Gasteiger partial charge in [0.15, 0.2) is 5.13 Å². The number of aliphatic hydroxyl groups excluding tert-OH is 1. The zero-order valence-electron chi connectivity index (χ0n) is 10.4. The minimum absolute atomic E-state index is 0.114. The lowest BCUT2D eigenvalue weighted by Gasteiger charge is -2.36. The molecule has 2 bridgehead atoms. The summed E-state index contributed by atoms with van der Waals surface area (Å²) in [6.07, 6.45) is 4.08. The van der Waals surface area contributed by atoms with Crippen molar-refractivity contribution >= 4 is 42.6 Å². The number of aliphatic hydroxyl groups is 1. The van der Waals surface area contributed by atoms with Crippen LogP contribution in [0.2, 0.25) is 0 Å². The molecule has 1 N–H and O–H groups in total. The highest BCUT2D eigenvalue weighted by atomic mass is 79.9. The van der Waals surface area contributed by atoms with Crippen molar-refractivity contribution < 1.29 is 5.11 Å². The Labute approximate surface area is 124 Å². The summed E-state index contributed by atoms with van der Waals surface area (Å²) < 4.78 is 2.34. The summed E-state index contributed by atoms with van der Waals surface area (Å²) in [4.78, 5) is 7.25. The SMILES string of the molecule is OC1CC2CCC(C1)N2c1nc2ccc(Br)cc2s1. The third kappa shape index (κ3) is 1.99. The standard InChI is InChI=1S/C14H15BrN2OS/c15-8-1-4-12-13(5-8)19-14(16-12)17-9-2-3-10(17)7-11(18)6-9/h1,4-5,9-11,18H,2-3,6-7H2. The third-order valence-electron chi connectivity index (χ3n) is 4.27. The predicted octanol–water partition coefficient (Wildman–Crippen LogP) is 3.55. The van der Waals surface area contributed by atoms with E-state index in [1.807, 2.05) is 6.07 Å². The van der Waals surface area contributed by atoms with Crippen LogP contribution in [0.4, 0.5) is 5.13 Å². The Bertz CT molecular complexity index is 615. The van der Waals surface area contributed by atoms with Gasteiger partial charge in [0.2, 0.25) is 0 Å². The Balaban J connectivity index is 1.74. The van der Waals surface area contributed by atoms with Crippen molar-refractivity contribution in [3.63, 3.8) is 0 Å². The minimum Gasteiger partial charge on any atom is -0.393 e. The summed E-state index contributed by atoms with van der Waals surface area (Å²) in [6, 6.07) is 7.22. The maximum atomic E-state index is 9.88. The molecular weight excluding hydrogens is 324 g/mol. The second-order valence-corrected chi connectivity index (χ2v) is 7.45. The van der Waals surface area contributed by atoms with Crippen molar-refractivity contribution in [1.82, 2.24) is 4.98 Å². The molecule has 100 valence electrons. The topological polar surface area (TPSA) is 36.4 Å². The number of fused-ring (bicyclic) bond motifs is 3. The molecule has 0 saturated carbocycles. The monoisotopic (exact) mass is 338 g/mol. The number of nitrogens with zero attached hydrogens (tertiary/aromatic N) is 2. The van der Waals surface area contributed by atoms with E-state index in [1.165, 1.54) is 17.5 Å². The van der Waals surface area contributed by atoms with Crippen LogP contribution >= 0.6 is 27.3 Å². The molecule has 0 spiro atoms. The molecule has 0 amide bonds. The van der Waals surface area contributed by atoms with E-state index < -0.39 is 0 Å². The van der Waals surface area contributed by atoms with E-state index in [4.69, 9.17) is 4.98 Å². The third-order valence-corrected chi connectivity index (χ3v) is 5.79. The van der Waals surface area contributed by atoms with Crippen LogP contribution in [0.5, 0.6) is 0 Å². The van der Waals surface area contributed by atoms with Crippen LogP contribution in [0.25, 0.3) is 10.2 Å². The fourth-order valence-corrected chi connectivity index (χ4v) is 5.12. The highest BCUT2D eigenvalue weighted by Gasteiger charge is 2.41. The Morgan fingerprint density at radius 1 is 1.26 bits per heavy atom. The van der Waals surface area contributed by atoms with Gasteiger partial charge in [0, 0.05) is 16.6 Å². The van der Waals surface area contributed by atoms with Crippen molar-refractivity contribution in [3.8, 4) is 0 Å². The molecule has 0 aliphatic carbocycles. The number of aromatic nitrogens is 1. The van der Waals surface area contributed by atoms with Crippen molar-refractivity contribution in [1.29, 1.82) is 0 Å². The number of thiazole rings is 1. The van der Waals surface area contributed by atoms with Gasteiger partial charge in [-0.05, 0) is 43.9 Å². The fraction of sp³-hybridized carbons (Fsp3) is 0.500. The Kier molecular flexibility index (Phi) is 2.83. The number of hydrogen-bond donors (Lipinski definition) is 1. The van der Waals surface area contributed by atoms with E-state index in [-0.39, 0.29) is 6.10 Å². The predicted molar refractivity (Wildman–Crippen MR) is 81.8 cm³/mol. The molecule has 2 unspecified atom stereocenters. The molecule has 1 aromatic carbocycles.